The van der Waals surface area contributed by atoms with Crippen LogP contribution in [0.15, 0.2) is 63.8 Å². The summed E-state index contributed by atoms with van der Waals surface area (Å²) in [6.07, 6.45) is -1.12. The molecule has 194 valence electrons. The van der Waals surface area contributed by atoms with Gasteiger partial charge in [-0.15, -0.1) is 0 Å². The van der Waals surface area contributed by atoms with Gasteiger partial charge in [0, 0.05) is 11.8 Å². The van der Waals surface area contributed by atoms with Gasteiger partial charge >= 0.3 is 5.63 Å². The maximum atomic E-state index is 13.7. The molecule has 3 aromatic carbocycles. The Balaban J connectivity index is 1.49. The van der Waals surface area contributed by atoms with Crippen LogP contribution >= 0.6 is 0 Å². The molecule has 0 aliphatic carbocycles. The maximum Gasteiger partial charge on any atom is 0.344 e. The zero-order valence-electron chi connectivity index (χ0n) is 20.7. The molecule has 2 aliphatic rings. The fraction of sp³-hybridized carbons (Fsp3) is 0.214. The number of benzene rings is 3. The smallest absolute Gasteiger partial charge is 0.344 e. The number of para-hydroxylation sites is 1. The summed E-state index contributed by atoms with van der Waals surface area (Å²) in [5, 5.41) is 3.46. The van der Waals surface area contributed by atoms with E-state index in [-0.39, 0.29) is 12.4 Å². The molecule has 0 fully saturated rings. The van der Waals surface area contributed by atoms with E-state index in [0.717, 1.165) is 0 Å². The standard InChI is InChI=1S/C28H23NO9/c1-32-20-10-14(11-21(33-2)25(20)34-3)22-23-24(16-6-4-5-7-17(16)37-28(23)31)38-26(22)27(30)29-15-8-9-18-19(12-15)36-13-35-18/h4-12,22,26H,13H2,1-3H3,(H,29,30)/t22-,26-/m1/s1. The topological polar surface area (TPSA) is 115 Å². The normalized spacial score (nSPS) is 17.0. The molecule has 0 saturated heterocycles. The van der Waals surface area contributed by atoms with Crippen molar-refractivity contribution in [2.45, 2.75) is 12.0 Å². The number of anilines is 1. The van der Waals surface area contributed by atoms with Crippen molar-refractivity contribution in [3.05, 3.63) is 76.1 Å². The molecule has 0 bridgehead atoms. The average molecular weight is 517 g/mol. The Kier molecular flexibility index (Phi) is 5.71. The zero-order valence-corrected chi connectivity index (χ0v) is 20.7. The molecule has 0 spiro atoms. The second-order valence-corrected chi connectivity index (χ2v) is 8.66. The van der Waals surface area contributed by atoms with E-state index in [1.807, 2.05) is 0 Å². The van der Waals surface area contributed by atoms with E-state index in [1.165, 1.54) is 21.3 Å². The molecule has 0 radical (unpaired) electrons. The molecule has 0 saturated carbocycles. The largest absolute Gasteiger partial charge is 0.493 e. The lowest BCUT2D eigenvalue weighted by Crippen LogP contribution is -2.35. The Morgan fingerprint density at radius 1 is 0.921 bits per heavy atom. The minimum atomic E-state index is -1.12. The summed E-state index contributed by atoms with van der Waals surface area (Å²) < 4.78 is 39.2. The summed E-state index contributed by atoms with van der Waals surface area (Å²) in [4.78, 5) is 27.0. The zero-order chi connectivity index (χ0) is 26.4. The monoisotopic (exact) mass is 517 g/mol. The highest BCUT2D eigenvalue weighted by Crippen LogP contribution is 2.48. The van der Waals surface area contributed by atoms with Crippen LogP contribution in [0.2, 0.25) is 0 Å². The molecule has 10 nitrogen and oxygen atoms in total. The summed E-state index contributed by atoms with van der Waals surface area (Å²) in [5.41, 5.74) is 1.02. The first-order valence-corrected chi connectivity index (χ1v) is 11.7. The van der Waals surface area contributed by atoms with Crippen molar-refractivity contribution in [3.8, 4) is 34.5 Å². The number of fused-ring (bicyclic) bond motifs is 4. The van der Waals surface area contributed by atoms with Crippen LogP contribution in [0.3, 0.4) is 0 Å². The fourth-order valence-electron chi connectivity index (χ4n) is 4.89. The molecule has 2 atom stereocenters. The maximum absolute atomic E-state index is 13.7. The van der Waals surface area contributed by atoms with Crippen molar-refractivity contribution < 1.29 is 37.6 Å². The van der Waals surface area contributed by atoms with Crippen molar-refractivity contribution in [2.24, 2.45) is 0 Å². The van der Waals surface area contributed by atoms with Crippen LogP contribution in [0.4, 0.5) is 5.69 Å². The lowest BCUT2D eigenvalue weighted by atomic mass is 9.87. The third-order valence-electron chi connectivity index (χ3n) is 6.60. The van der Waals surface area contributed by atoms with E-state index in [2.05, 4.69) is 5.32 Å². The molecule has 10 heteroatoms. The first-order valence-electron chi connectivity index (χ1n) is 11.7. The van der Waals surface area contributed by atoms with Crippen molar-refractivity contribution in [3.63, 3.8) is 0 Å². The van der Waals surface area contributed by atoms with E-state index in [1.54, 1.807) is 54.6 Å². The van der Waals surface area contributed by atoms with Gasteiger partial charge in [-0.05, 0) is 42.0 Å². The summed E-state index contributed by atoms with van der Waals surface area (Å²) >= 11 is 0. The molecule has 1 aromatic heterocycles. The molecule has 3 heterocycles. The number of rotatable bonds is 6. The Hall–Kier alpha value is -4.86. The average Bonchev–Trinajstić information content (AvgIpc) is 3.57. The number of amides is 1. The quantitative estimate of drug-likeness (QED) is 0.378. The van der Waals surface area contributed by atoms with Gasteiger partial charge in [0.2, 0.25) is 12.5 Å². The summed E-state index contributed by atoms with van der Waals surface area (Å²) in [7, 11) is 4.48. The van der Waals surface area contributed by atoms with Gasteiger partial charge in [-0.1, -0.05) is 12.1 Å². The van der Waals surface area contributed by atoms with Gasteiger partial charge in [0.25, 0.3) is 5.91 Å². The van der Waals surface area contributed by atoms with Crippen molar-refractivity contribution in [1.82, 2.24) is 0 Å². The second kappa shape index (κ2) is 9.22. The van der Waals surface area contributed by atoms with Crippen molar-refractivity contribution in [2.75, 3.05) is 33.4 Å². The van der Waals surface area contributed by atoms with E-state index in [4.69, 9.17) is 32.8 Å². The van der Waals surface area contributed by atoms with Crippen LogP contribution in [0, 0.1) is 0 Å². The Morgan fingerprint density at radius 2 is 1.66 bits per heavy atom. The highest BCUT2D eigenvalue weighted by molar-refractivity contribution is 5.98. The van der Waals surface area contributed by atoms with E-state index >= 15 is 0 Å². The highest BCUT2D eigenvalue weighted by Gasteiger charge is 2.45. The first kappa shape index (κ1) is 23.5. The molecule has 1 N–H and O–H groups in total. The van der Waals surface area contributed by atoms with Crippen LogP contribution in [0.25, 0.3) is 11.0 Å². The first-order chi connectivity index (χ1) is 18.5. The summed E-state index contributed by atoms with van der Waals surface area (Å²) in [5.74, 6) is 1.21. The Labute approximate surface area is 216 Å². The van der Waals surface area contributed by atoms with Crippen molar-refractivity contribution >= 4 is 22.6 Å². The lowest BCUT2D eigenvalue weighted by molar-refractivity contribution is -0.122. The molecule has 0 unspecified atom stereocenters. The Morgan fingerprint density at radius 3 is 2.39 bits per heavy atom. The highest BCUT2D eigenvalue weighted by atomic mass is 16.7. The minimum absolute atomic E-state index is 0.111. The van der Waals surface area contributed by atoms with Crippen LogP contribution < -0.4 is 39.4 Å². The van der Waals surface area contributed by atoms with Crippen LogP contribution in [0.1, 0.15) is 17.0 Å². The number of carbonyl (C=O) groups is 1. The predicted molar refractivity (Wildman–Crippen MR) is 136 cm³/mol. The van der Waals surface area contributed by atoms with Crippen LogP contribution in [0.5, 0.6) is 34.5 Å². The van der Waals surface area contributed by atoms with Crippen molar-refractivity contribution in [1.29, 1.82) is 0 Å². The van der Waals surface area contributed by atoms with E-state index in [9.17, 15) is 9.59 Å². The third-order valence-corrected chi connectivity index (χ3v) is 6.60. The van der Waals surface area contributed by atoms with Gasteiger partial charge in [-0.25, -0.2) is 4.79 Å². The third kappa shape index (κ3) is 3.73. The predicted octanol–water partition coefficient (Wildman–Crippen LogP) is 4.08. The van der Waals surface area contributed by atoms with E-state index in [0.29, 0.717) is 56.7 Å². The number of methoxy groups -OCH3 is 3. The number of hydrogen-bond acceptors (Lipinski definition) is 9. The van der Waals surface area contributed by atoms with Gasteiger partial charge in [-0.3, -0.25) is 4.79 Å². The molecule has 4 aromatic rings. The molecule has 38 heavy (non-hydrogen) atoms. The van der Waals surface area contributed by atoms with Gasteiger partial charge in [0.15, 0.2) is 29.1 Å². The number of hydrogen-bond donors (Lipinski definition) is 1. The molecule has 1 amide bonds. The SMILES string of the molecule is COc1cc([C@@H]2c3c(c4ccccc4oc3=O)O[C@H]2C(=O)Nc2ccc3c(c2)OCO3)cc(OC)c1OC. The van der Waals surface area contributed by atoms with Gasteiger partial charge in [0.05, 0.1) is 38.2 Å². The number of nitrogens with one attached hydrogen (secondary N) is 1. The summed E-state index contributed by atoms with van der Waals surface area (Å²) in [6, 6.07) is 15.5. The number of ether oxygens (including phenoxy) is 6. The Bertz CT molecular complexity index is 1600. The second-order valence-electron chi connectivity index (χ2n) is 8.66. The minimum Gasteiger partial charge on any atom is -0.493 e. The van der Waals surface area contributed by atoms with Crippen LogP contribution in [-0.2, 0) is 4.79 Å². The summed E-state index contributed by atoms with van der Waals surface area (Å²) in [6.45, 7) is 0.111. The lowest BCUT2D eigenvalue weighted by Gasteiger charge is -2.21. The fourth-order valence-corrected chi connectivity index (χ4v) is 4.89. The van der Waals surface area contributed by atoms with Gasteiger partial charge in [-0.2, -0.15) is 0 Å². The van der Waals surface area contributed by atoms with Crippen LogP contribution in [-0.4, -0.2) is 40.1 Å². The molecule has 2 aliphatic heterocycles. The molecular formula is C28H23NO9. The van der Waals surface area contributed by atoms with Gasteiger partial charge < -0.3 is 38.2 Å². The molecular weight excluding hydrogens is 494 g/mol. The number of carbonyl (C=O) groups excluding carboxylic acids is 1. The molecule has 6 rings (SSSR count). The van der Waals surface area contributed by atoms with Gasteiger partial charge in [0.1, 0.15) is 11.3 Å². The van der Waals surface area contributed by atoms with E-state index < -0.39 is 23.6 Å².